The number of nitrogens with one attached hydrogen (secondary N) is 1. The van der Waals surface area contributed by atoms with Gasteiger partial charge in [0.2, 0.25) is 5.91 Å². The number of carbonyl (C=O) groups excluding carboxylic acids is 1. The number of hydrogen-bond donors (Lipinski definition) is 2. The normalized spacial score (nSPS) is 22.0. The summed E-state index contributed by atoms with van der Waals surface area (Å²) in [5.74, 6) is -1.31. The van der Waals surface area contributed by atoms with E-state index in [1.165, 1.54) is 11.0 Å². The van der Waals surface area contributed by atoms with Gasteiger partial charge in [-0.3, -0.25) is 9.59 Å². The van der Waals surface area contributed by atoms with E-state index in [0.717, 1.165) is 11.3 Å². The van der Waals surface area contributed by atoms with E-state index in [4.69, 9.17) is 0 Å². The predicted molar refractivity (Wildman–Crippen MR) is 85.7 cm³/mol. The number of carbonyl (C=O) groups is 2. The fourth-order valence-electron chi connectivity index (χ4n) is 2.72. The van der Waals surface area contributed by atoms with Crippen LogP contribution in [0.15, 0.2) is 21.7 Å². The number of amides is 1. The number of nitrogens with zero attached hydrogens (tertiary/aromatic N) is 1. The average Bonchev–Trinajstić information content (AvgIpc) is 3.08. The van der Waals surface area contributed by atoms with Crippen LogP contribution in [0.1, 0.15) is 26.2 Å². The van der Waals surface area contributed by atoms with Crippen molar-refractivity contribution in [2.75, 3.05) is 19.6 Å². The number of carboxylic acid groups (broad SMARTS) is 1. The molecule has 128 valence electrons. The molecule has 0 spiro atoms. The van der Waals surface area contributed by atoms with Gasteiger partial charge in [-0.1, -0.05) is 13.0 Å². The molecular formula is C14H20N2O5S2. The highest BCUT2D eigenvalue weighted by molar-refractivity contribution is 7.91. The summed E-state index contributed by atoms with van der Waals surface area (Å²) < 4.78 is 26.4. The van der Waals surface area contributed by atoms with Gasteiger partial charge in [-0.15, -0.1) is 11.3 Å². The van der Waals surface area contributed by atoms with Crippen molar-refractivity contribution in [2.45, 2.75) is 30.4 Å². The Hall–Kier alpha value is -1.45. The highest BCUT2D eigenvalue weighted by atomic mass is 32.2. The summed E-state index contributed by atoms with van der Waals surface area (Å²) in [5.41, 5.74) is -0.930. The number of aliphatic carboxylic acids is 1. The molecule has 9 heteroatoms. The van der Waals surface area contributed by atoms with E-state index in [1.54, 1.807) is 18.4 Å². The fourth-order valence-corrected chi connectivity index (χ4v) is 4.73. The van der Waals surface area contributed by atoms with Gasteiger partial charge in [-0.05, 0) is 30.7 Å². The van der Waals surface area contributed by atoms with E-state index in [9.17, 15) is 23.1 Å². The zero-order valence-corrected chi connectivity index (χ0v) is 14.5. The maximum absolute atomic E-state index is 12.3. The summed E-state index contributed by atoms with van der Waals surface area (Å²) in [6.45, 7) is 2.01. The zero-order valence-electron chi connectivity index (χ0n) is 12.8. The molecule has 23 heavy (non-hydrogen) atoms. The Morgan fingerprint density at radius 3 is 2.78 bits per heavy atom. The van der Waals surface area contributed by atoms with Crippen molar-refractivity contribution in [3.05, 3.63) is 17.5 Å². The van der Waals surface area contributed by atoms with Crippen molar-refractivity contribution in [1.82, 2.24) is 9.62 Å². The molecule has 0 radical (unpaired) electrons. The van der Waals surface area contributed by atoms with E-state index in [2.05, 4.69) is 4.72 Å². The number of thiophene rings is 1. The van der Waals surface area contributed by atoms with Crippen LogP contribution in [0, 0.1) is 5.41 Å². The van der Waals surface area contributed by atoms with Crippen molar-refractivity contribution in [3.8, 4) is 0 Å². The second-order valence-electron chi connectivity index (χ2n) is 5.61. The lowest BCUT2D eigenvalue weighted by Gasteiger charge is -2.39. The molecule has 1 fully saturated rings. The van der Waals surface area contributed by atoms with E-state index in [0.29, 0.717) is 25.8 Å². The minimum absolute atomic E-state index is 0.123. The van der Waals surface area contributed by atoms with Crippen molar-refractivity contribution >= 4 is 33.2 Å². The van der Waals surface area contributed by atoms with Crippen molar-refractivity contribution in [2.24, 2.45) is 5.41 Å². The van der Waals surface area contributed by atoms with Crippen LogP contribution in [-0.2, 0) is 19.6 Å². The Morgan fingerprint density at radius 1 is 1.48 bits per heavy atom. The van der Waals surface area contributed by atoms with Gasteiger partial charge in [0.05, 0.1) is 12.0 Å². The first-order valence-corrected chi connectivity index (χ1v) is 9.71. The van der Waals surface area contributed by atoms with Crippen LogP contribution < -0.4 is 4.72 Å². The summed E-state index contributed by atoms with van der Waals surface area (Å²) in [5, 5.41) is 11.1. The molecule has 0 aliphatic carbocycles. The van der Waals surface area contributed by atoms with Gasteiger partial charge in [0.1, 0.15) is 4.21 Å². The lowest BCUT2D eigenvalue weighted by Crippen LogP contribution is -2.51. The van der Waals surface area contributed by atoms with Gasteiger partial charge in [-0.2, -0.15) is 0 Å². The number of piperidine rings is 1. The van der Waals surface area contributed by atoms with E-state index >= 15 is 0 Å². The molecular weight excluding hydrogens is 340 g/mol. The molecule has 1 aromatic heterocycles. The molecule has 2 N–H and O–H groups in total. The maximum Gasteiger partial charge on any atom is 0.311 e. The molecule has 1 amide bonds. The van der Waals surface area contributed by atoms with Crippen LogP contribution in [0.4, 0.5) is 0 Å². The van der Waals surface area contributed by atoms with Crippen LogP contribution in [0.25, 0.3) is 0 Å². The second kappa shape index (κ2) is 6.98. The Kier molecular flexibility index (Phi) is 5.43. The van der Waals surface area contributed by atoms with Gasteiger partial charge in [-0.25, -0.2) is 13.1 Å². The summed E-state index contributed by atoms with van der Waals surface area (Å²) >= 11 is 1.07. The van der Waals surface area contributed by atoms with Gasteiger partial charge in [0.25, 0.3) is 10.0 Å². The number of likely N-dealkylation sites (tertiary alicyclic amines) is 1. The summed E-state index contributed by atoms with van der Waals surface area (Å²) in [7, 11) is -3.70. The molecule has 2 rings (SSSR count). The van der Waals surface area contributed by atoms with Crippen LogP contribution in [0.2, 0.25) is 0 Å². The molecule has 1 aliphatic heterocycles. The first-order chi connectivity index (χ1) is 10.8. The first-order valence-electron chi connectivity index (χ1n) is 7.35. The molecule has 0 aromatic carbocycles. The Bertz CT molecular complexity index is 671. The number of carboxylic acids is 1. The molecule has 1 aromatic rings. The standard InChI is InChI=1S/C14H20N2O5S2/c1-2-14(13(18)19)6-4-7-16(10-14)11(17)9-15-23(20,21)12-5-3-8-22-12/h3,5,8,15H,2,4,6-7,9-10H2,1H3,(H,18,19)/t14-/m1/s1. The van der Waals surface area contributed by atoms with Crippen molar-refractivity contribution < 1.29 is 23.1 Å². The monoisotopic (exact) mass is 360 g/mol. The van der Waals surface area contributed by atoms with Crippen LogP contribution in [-0.4, -0.2) is 49.9 Å². The third-order valence-electron chi connectivity index (χ3n) is 4.23. The maximum atomic E-state index is 12.3. The summed E-state index contributed by atoms with van der Waals surface area (Å²) in [4.78, 5) is 25.2. The lowest BCUT2D eigenvalue weighted by molar-refractivity contribution is -0.155. The average molecular weight is 360 g/mol. The van der Waals surface area contributed by atoms with Crippen LogP contribution in [0.3, 0.4) is 0 Å². The smallest absolute Gasteiger partial charge is 0.311 e. The van der Waals surface area contributed by atoms with Crippen molar-refractivity contribution in [3.63, 3.8) is 0 Å². The SMILES string of the molecule is CC[C@@]1(C(=O)O)CCCN(C(=O)CNS(=O)(=O)c2cccs2)C1. The summed E-state index contributed by atoms with van der Waals surface area (Å²) in [6.07, 6.45) is 1.57. The van der Waals surface area contributed by atoms with E-state index < -0.39 is 27.3 Å². The molecule has 0 unspecified atom stereocenters. The quantitative estimate of drug-likeness (QED) is 0.791. The minimum Gasteiger partial charge on any atom is -0.481 e. The topological polar surface area (TPSA) is 104 Å². The van der Waals surface area contributed by atoms with E-state index in [1.807, 2.05) is 0 Å². The highest BCUT2D eigenvalue weighted by Crippen LogP contribution is 2.33. The van der Waals surface area contributed by atoms with Gasteiger partial charge in [0.15, 0.2) is 0 Å². The van der Waals surface area contributed by atoms with Gasteiger partial charge < -0.3 is 10.0 Å². The molecule has 1 aliphatic rings. The third-order valence-corrected chi connectivity index (χ3v) is 7.03. The van der Waals surface area contributed by atoms with Crippen molar-refractivity contribution in [1.29, 1.82) is 0 Å². The molecule has 7 nitrogen and oxygen atoms in total. The van der Waals surface area contributed by atoms with Gasteiger partial charge >= 0.3 is 5.97 Å². The van der Waals surface area contributed by atoms with E-state index in [-0.39, 0.29) is 17.3 Å². The fraction of sp³-hybridized carbons (Fsp3) is 0.571. The van der Waals surface area contributed by atoms with Crippen LogP contribution >= 0.6 is 11.3 Å². The minimum atomic E-state index is -3.70. The number of sulfonamides is 1. The molecule has 0 saturated carbocycles. The highest BCUT2D eigenvalue weighted by Gasteiger charge is 2.42. The number of rotatable bonds is 6. The third kappa shape index (κ3) is 3.91. The predicted octanol–water partition coefficient (Wildman–Crippen LogP) is 1.13. The van der Waals surface area contributed by atoms with Gasteiger partial charge in [0, 0.05) is 13.1 Å². The molecule has 1 atom stereocenters. The molecule has 1 saturated heterocycles. The Balaban J connectivity index is 2.00. The first kappa shape index (κ1) is 17.9. The zero-order chi connectivity index (χ0) is 17.1. The second-order valence-corrected chi connectivity index (χ2v) is 8.56. The largest absolute Gasteiger partial charge is 0.481 e. The Labute approximate surface area is 139 Å². The molecule has 2 heterocycles. The Morgan fingerprint density at radius 2 is 2.22 bits per heavy atom. The number of hydrogen-bond acceptors (Lipinski definition) is 5. The summed E-state index contributed by atoms with van der Waals surface area (Å²) in [6, 6.07) is 3.08. The molecule has 0 bridgehead atoms. The van der Waals surface area contributed by atoms with Crippen LogP contribution in [0.5, 0.6) is 0 Å². The lowest BCUT2D eigenvalue weighted by atomic mass is 9.77.